The summed E-state index contributed by atoms with van der Waals surface area (Å²) in [5.74, 6) is 0.565. The number of nitrogens with zero attached hydrogens (tertiary/aromatic N) is 3. The number of amides is 1. The van der Waals surface area contributed by atoms with E-state index in [0.29, 0.717) is 31.0 Å². The molecule has 7 heteroatoms. The normalized spacial score (nSPS) is 23.3. The second-order valence-electron chi connectivity index (χ2n) is 7.97. The zero-order valence-corrected chi connectivity index (χ0v) is 16.4. The molecule has 2 fully saturated rings. The van der Waals surface area contributed by atoms with Crippen LogP contribution >= 0.6 is 0 Å². The highest BCUT2D eigenvalue weighted by atomic mass is 16.6. The highest BCUT2D eigenvalue weighted by Crippen LogP contribution is 2.30. The number of hydrogen-bond acceptors (Lipinski definition) is 6. The van der Waals surface area contributed by atoms with E-state index in [2.05, 4.69) is 11.0 Å². The fourth-order valence-electron chi connectivity index (χ4n) is 3.48. The van der Waals surface area contributed by atoms with Gasteiger partial charge >= 0.3 is 6.09 Å². The van der Waals surface area contributed by atoms with Crippen LogP contribution in [-0.4, -0.2) is 67.4 Å². The number of nitriles is 1. The van der Waals surface area contributed by atoms with Crippen LogP contribution < -0.4 is 4.74 Å². The third-order valence-corrected chi connectivity index (χ3v) is 4.86. The van der Waals surface area contributed by atoms with Crippen molar-refractivity contribution in [3.8, 4) is 11.8 Å². The number of fused-ring (bicyclic) bond motifs is 1. The number of morpholine rings is 1. The van der Waals surface area contributed by atoms with Gasteiger partial charge < -0.3 is 19.1 Å². The van der Waals surface area contributed by atoms with E-state index in [0.717, 1.165) is 18.7 Å². The molecule has 7 nitrogen and oxygen atoms in total. The Bertz CT molecular complexity index is 738. The van der Waals surface area contributed by atoms with Crippen molar-refractivity contribution in [3.63, 3.8) is 0 Å². The van der Waals surface area contributed by atoms with Gasteiger partial charge in [0.05, 0.1) is 31.4 Å². The first kappa shape index (κ1) is 19.5. The molecule has 0 N–H and O–H groups in total. The van der Waals surface area contributed by atoms with Crippen LogP contribution in [0.5, 0.6) is 5.75 Å². The fourth-order valence-corrected chi connectivity index (χ4v) is 3.48. The van der Waals surface area contributed by atoms with E-state index >= 15 is 0 Å². The van der Waals surface area contributed by atoms with Gasteiger partial charge in [0.15, 0.2) is 0 Å². The average molecular weight is 373 g/mol. The lowest BCUT2D eigenvalue weighted by Crippen LogP contribution is -2.59. The Morgan fingerprint density at radius 3 is 2.74 bits per heavy atom. The zero-order chi connectivity index (χ0) is 19.6. The van der Waals surface area contributed by atoms with Crippen molar-refractivity contribution < 1.29 is 19.0 Å². The van der Waals surface area contributed by atoms with Crippen LogP contribution in [0.15, 0.2) is 18.2 Å². The van der Waals surface area contributed by atoms with Crippen LogP contribution in [0, 0.1) is 11.3 Å². The average Bonchev–Trinajstić information content (AvgIpc) is 2.65. The van der Waals surface area contributed by atoms with Gasteiger partial charge in [-0.2, -0.15) is 5.26 Å². The van der Waals surface area contributed by atoms with Crippen LogP contribution in [0.25, 0.3) is 0 Å². The maximum absolute atomic E-state index is 12.3. The molecule has 0 saturated carbocycles. The monoisotopic (exact) mass is 373 g/mol. The maximum atomic E-state index is 12.3. The lowest BCUT2D eigenvalue weighted by atomic mass is 10.0. The van der Waals surface area contributed by atoms with Crippen molar-refractivity contribution >= 4 is 6.09 Å². The summed E-state index contributed by atoms with van der Waals surface area (Å²) in [4.78, 5) is 16.4. The van der Waals surface area contributed by atoms with Crippen LogP contribution in [0.4, 0.5) is 4.79 Å². The number of rotatable bonds is 2. The van der Waals surface area contributed by atoms with Crippen molar-refractivity contribution in [3.05, 3.63) is 29.3 Å². The minimum Gasteiger partial charge on any atom is -0.495 e. The van der Waals surface area contributed by atoms with E-state index in [1.165, 1.54) is 0 Å². The number of ether oxygens (including phenoxy) is 3. The van der Waals surface area contributed by atoms with E-state index in [9.17, 15) is 4.79 Å². The molecule has 2 heterocycles. The SMILES string of the molecule is COc1cc([C@@H]2CN3CCN(C(=O)OC(C)(C)C)CC3CO2)ccc1C#N. The molecule has 3 rings (SSSR count). The third kappa shape index (κ3) is 4.52. The van der Waals surface area contributed by atoms with Crippen molar-refractivity contribution in [2.24, 2.45) is 0 Å². The molecular weight excluding hydrogens is 346 g/mol. The van der Waals surface area contributed by atoms with Crippen molar-refractivity contribution in [2.75, 3.05) is 39.9 Å². The Kier molecular flexibility index (Phi) is 5.59. The van der Waals surface area contributed by atoms with E-state index in [-0.39, 0.29) is 18.2 Å². The second-order valence-corrected chi connectivity index (χ2v) is 7.97. The molecule has 0 aromatic heterocycles. The van der Waals surface area contributed by atoms with E-state index in [4.69, 9.17) is 19.5 Å². The molecule has 1 unspecified atom stereocenters. The highest BCUT2D eigenvalue weighted by molar-refractivity contribution is 5.68. The fraction of sp³-hybridized carbons (Fsp3) is 0.600. The third-order valence-electron chi connectivity index (χ3n) is 4.86. The molecule has 0 spiro atoms. The van der Waals surface area contributed by atoms with Crippen LogP contribution in [0.2, 0.25) is 0 Å². The van der Waals surface area contributed by atoms with Crippen LogP contribution in [0.3, 0.4) is 0 Å². The van der Waals surface area contributed by atoms with E-state index in [1.807, 2.05) is 32.9 Å². The van der Waals surface area contributed by atoms with Crippen molar-refractivity contribution in [1.82, 2.24) is 9.80 Å². The first-order chi connectivity index (χ1) is 12.8. The molecule has 1 aromatic carbocycles. The molecular formula is C20H27N3O4. The molecule has 2 atom stereocenters. The summed E-state index contributed by atoms with van der Waals surface area (Å²) in [6.45, 7) is 8.97. The lowest BCUT2D eigenvalue weighted by molar-refractivity contribution is -0.0906. The summed E-state index contributed by atoms with van der Waals surface area (Å²) in [7, 11) is 1.56. The molecule has 0 aliphatic carbocycles. The van der Waals surface area contributed by atoms with Crippen molar-refractivity contribution in [1.29, 1.82) is 5.26 Å². The highest BCUT2D eigenvalue weighted by Gasteiger charge is 2.36. The van der Waals surface area contributed by atoms with Gasteiger partial charge in [-0.1, -0.05) is 6.07 Å². The first-order valence-electron chi connectivity index (χ1n) is 9.22. The number of methoxy groups -OCH3 is 1. The molecule has 0 radical (unpaired) electrons. The predicted octanol–water partition coefficient (Wildman–Crippen LogP) is 2.56. The number of carbonyl (C=O) groups is 1. The van der Waals surface area contributed by atoms with E-state index < -0.39 is 5.60 Å². The lowest BCUT2D eigenvalue weighted by Gasteiger charge is -2.46. The van der Waals surface area contributed by atoms with Gasteiger partial charge in [0.1, 0.15) is 17.4 Å². The summed E-state index contributed by atoms with van der Waals surface area (Å²) in [5, 5.41) is 9.13. The largest absolute Gasteiger partial charge is 0.495 e. The van der Waals surface area contributed by atoms with Crippen molar-refractivity contribution in [2.45, 2.75) is 38.5 Å². The quantitative estimate of drug-likeness (QED) is 0.793. The smallest absolute Gasteiger partial charge is 0.410 e. The number of piperazine rings is 1. The summed E-state index contributed by atoms with van der Waals surface area (Å²) in [6.07, 6.45) is -0.336. The number of benzene rings is 1. The van der Waals surface area contributed by atoms with Crippen LogP contribution in [-0.2, 0) is 9.47 Å². The Balaban J connectivity index is 1.63. The molecule has 2 aliphatic heterocycles. The summed E-state index contributed by atoms with van der Waals surface area (Å²) in [5.41, 5.74) is 1.02. The molecule has 2 aliphatic rings. The molecule has 146 valence electrons. The molecule has 27 heavy (non-hydrogen) atoms. The number of carbonyl (C=O) groups excluding carboxylic acids is 1. The Labute approximate surface area is 160 Å². The predicted molar refractivity (Wildman–Crippen MR) is 99.6 cm³/mol. The number of hydrogen-bond donors (Lipinski definition) is 0. The maximum Gasteiger partial charge on any atom is 0.410 e. The van der Waals surface area contributed by atoms with Gasteiger partial charge in [-0.25, -0.2) is 4.79 Å². The Morgan fingerprint density at radius 2 is 2.07 bits per heavy atom. The van der Waals surface area contributed by atoms with Gasteiger partial charge in [0.25, 0.3) is 0 Å². The second kappa shape index (κ2) is 7.75. The topological polar surface area (TPSA) is 75.0 Å². The van der Waals surface area contributed by atoms with Gasteiger partial charge in [-0.15, -0.1) is 0 Å². The van der Waals surface area contributed by atoms with Crippen LogP contribution in [0.1, 0.15) is 38.0 Å². The first-order valence-corrected chi connectivity index (χ1v) is 9.22. The zero-order valence-electron chi connectivity index (χ0n) is 16.4. The molecule has 1 amide bonds. The summed E-state index contributed by atoms with van der Waals surface area (Å²) in [6, 6.07) is 7.86. The Hall–Kier alpha value is -2.30. The summed E-state index contributed by atoms with van der Waals surface area (Å²) >= 11 is 0. The molecule has 1 aromatic rings. The molecule has 2 saturated heterocycles. The standard InChI is InChI=1S/C20H27N3O4/c1-20(2,3)27-19(24)23-8-7-22-12-18(26-13-16(22)11-23)14-5-6-15(10-21)17(9-14)25-4/h5-6,9,16,18H,7-8,11-13H2,1-4H3/t16?,18-/m0/s1. The minimum absolute atomic E-state index is 0.0732. The van der Waals surface area contributed by atoms with Gasteiger partial charge in [0.2, 0.25) is 0 Å². The molecule has 0 bridgehead atoms. The minimum atomic E-state index is -0.489. The van der Waals surface area contributed by atoms with Gasteiger partial charge in [-0.05, 0) is 38.5 Å². The van der Waals surface area contributed by atoms with Gasteiger partial charge in [0, 0.05) is 26.2 Å². The Morgan fingerprint density at radius 1 is 1.30 bits per heavy atom. The van der Waals surface area contributed by atoms with Gasteiger partial charge in [-0.3, -0.25) is 4.90 Å². The summed E-state index contributed by atoms with van der Waals surface area (Å²) < 4.78 is 16.9. The van der Waals surface area contributed by atoms with E-state index in [1.54, 1.807) is 18.1 Å².